The number of hydrogen-bond donors (Lipinski definition) is 0. The van der Waals surface area contributed by atoms with Gasteiger partial charge in [0.05, 0.1) is 35.1 Å². The van der Waals surface area contributed by atoms with Crippen molar-refractivity contribution in [2.45, 2.75) is 13.8 Å². The van der Waals surface area contributed by atoms with Gasteiger partial charge in [-0.15, -0.1) is 0 Å². The van der Waals surface area contributed by atoms with E-state index in [1.807, 2.05) is 201 Å². The molecule has 9 aromatic rings. The van der Waals surface area contributed by atoms with Crippen LogP contribution in [-0.4, -0.2) is 49.6 Å². The first kappa shape index (κ1) is 47.9. The van der Waals surface area contributed by atoms with Crippen LogP contribution in [0.1, 0.15) is 57.0 Å². The fourth-order valence-electron chi connectivity index (χ4n) is 8.07. The maximum atomic E-state index is 6.24. The molecule has 8 heteroatoms. The van der Waals surface area contributed by atoms with Gasteiger partial charge in [-0.25, -0.2) is 20.0 Å². The van der Waals surface area contributed by atoms with Crippen LogP contribution >= 0.6 is 0 Å². The summed E-state index contributed by atoms with van der Waals surface area (Å²) >= 11 is 0. The largest absolute Gasteiger partial charge is 0.494 e. The van der Waals surface area contributed by atoms with Crippen molar-refractivity contribution in [3.05, 3.63) is 293 Å². The fourth-order valence-corrected chi connectivity index (χ4v) is 8.07. The van der Waals surface area contributed by atoms with Crippen molar-refractivity contribution in [3.63, 3.8) is 0 Å². The average Bonchev–Trinajstić information content (AvgIpc) is 3.44. The molecule has 0 spiro atoms. The van der Waals surface area contributed by atoms with Gasteiger partial charge in [-0.2, -0.15) is 0 Å². The molecule has 9 aromatic carbocycles. The van der Waals surface area contributed by atoms with Gasteiger partial charge in [-0.1, -0.05) is 133 Å². The minimum absolute atomic E-state index is 0.112. The second-order valence-electron chi connectivity index (χ2n) is 16.6. The lowest BCUT2D eigenvalue weighted by atomic mass is 10.0. The van der Waals surface area contributed by atoms with Gasteiger partial charge in [-0.05, 0) is 129 Å². The van der Waals surface area contributed by atoms with E-state index >= 15 is 0 Å². The Morgan fingerprint density at radius 3 is 0.917 bits per heavy atom. The highest BCUT2D eigenvalue weighted by Gasteiger charge is 2.13. The van der Waals surface area contributed by atoms with Gasteiger partial charge in [0.2, 0.25) is 0 Å². The second-order valence-corrected chi connectivity index (χ2v) is 16.6. The third-order valence-corrected chi connectivity index (χ3v) is 11.6. The van der Waals surface area contributed by atoms with Crippen molar-refractivity contribution in [3.8, 4) is 23.0 Å². The highest BCUT2D eigenvalue weighted by atomic mass is 16.5. The SMILES string of the molecule is CCOc1ccc(/C(=N\COc2ccc(/C(=N\COc3ccc(/C(=N\COc4ccc(C(=Nc5cccc(C)c5)c5ccccc5)cc4)c4ccccc4)cc3)c3ccccc3)cc2)c2ccccc2)cc1. The molecule has 354 valence electrons. The summed E-state index contributed by atoms with van der Waals surface area (Å²) in [5.74, 6) is 2.91. The van der Waals surface area contributed by atoms with E-state index in [1.165, 1.54) is 0 Å². The molecule has 9 rings (SSSR count). The van der Waals surface area contributed by atoms with E-state index in [2.05, 4.69) is 55.5 Å². The van der Waals surface area contributed by atoms with Crippen LogP contribution in [0.2, 0.25) is 0 Å². The van der Waals surface area contributed by atoms with E-state index in [1.54, 1.807) is 0 Å². The van der Waals surface area contributed by atoms with Gasteiger partial charge in [0.15, 0.2) is 20.2 Å². The Bertz CT molecular complexity index is 3250. The molecule has 0 radical (unpaired) electrons. The number of aryl methyl sites for hydroxylation is 1. The number of ether oxygens (including phenoxy) is 4. The van der Waals surface area contributed by atoms with Crippen molar-refractivity contribution in [2.24, 2.45) is 20.0 Å². The normalized spacial score (nSPS) is 12.0. The third kappa shape index (κ3) is 12.9. The Labute approximate surface area is 422 Å². The molecule has 0 amide bonds. The minimum atomic E-state index is 0.112. The lowest BCUT2D eigenvalue weighted by Crippen LogP contribution is -2.08. The smallest absolute Gasteiger partial charge is 0.179 e. The molecule has 0 heterocycles. The summed E-state index contributed by atoms with van der Waals surface area (Å²) < 4.78 is 24.3. The van der Waals surface area contributed by atoms with Crippen molar-refractivity contribution < 1.29 is 18.9 Å². The Balaban J connectivity index is 0.860. The molecule has 0 unspecified atom stereocenters. The third-order valence-electron chi connectivity index (χ3n) is 11.6. The predicted octanol–water partition coefficient (Wildman–Crippen LogP) is 14.2. The first-order chi connectivity index (χ1) is 35.6. The maximum absolute atomic E-state index is 6.24. The van der Waals surface area contributed by atoms with Crippen LogP contribution in [0.5, 0.6) is 23.0 Å². The van der Waals surface area contributed by atoms with Crippen molar-refractivity contribution in [1.29, 1.82) is 0 Å². The van der Waals surface area contributed by atoms with Crippen LogP contribution < -0.4 is 18.9 Å². The van der Waals surface area contributed by atoms with E-state index in [9.17, 15) is 0 Å². The standard InChI is InChI=1S/C64H54N4O4/c1-3-69-57-35-27-52(28-36-57)61(48-18-8-4-9-19-48)65-44-70-58-37-29-53(30-38-58)62(49-20-10-5-11-21-49)66-45-71-59-39-31-54(32-40-59)63(50-22-12-6-13-23-50)67-46-72-60-41-33-55(34-42-60)64(51-24-14-7-15-25-51)68-56-26-16-17-47(2)43-56/h4-43H,3,44-46H2,1-2H3/b65-61-,66-62-,67-63-,68-64?. The van der Waals surface area contributed by atoms with E-state index in [0.717, 1.165) is 84.4 Å². The molecule has 72 heavy (non-hydrogen) atoms. The highest BCUT2D eigenvalue weighted by molar-refractivity contribution is 6.15. The number of hydrogen-bond acceptors (Lipinski definition) is 8. The van der Waals surface area contributed by atoms with Crippen LogP contribution in [0.4, 0.5) is 5.69 Å². The van der Waals surface area contributed by atoms with E-state index in [0.29, 0.717) is 23.9 Å². The van der Waals surface area contributed by atoms with Crippen molar-refractivity contribution in [2.75, 3.05) is 26.8 Å². The summed E-state index contributed by atoms with van der Waals surface area (Å²) in [6.45, 7) is 5.05. The molecule has 0 fully saturated rings. The molecule has 0 aliphatic heterocycles. The zero-order valence-electron chi connectivity index (χ0n) is 40.3. The topological polar surface area (TPSA) is 86.4 Å². The lowest BCUT2D eigenvalue weighted by molar-refractivity contribution is 0.331. The summed E-state index contributed by atoms with van der Waals surface area (Å²) in [6, 6.07) is 80.6. The maximum Gasteiger partial charge on any atom is 0.179 e. The summed E-state index contributed by atoms with van der Waals surface area (Å²) in [6.07, 6.45) is 0. The molecule has 0 bridgehead atoms. The monoisotopic (exact) mass is 942 g/mol. The summed E-state index contributed by atoms with van der Waals surface area (Å²) in [4.78, 5) is 19.9. The number of aliphatic imine (C=N–C) groups is 4. The first-order valence-electron chi connectivity index (χ1n) is 24.0. The predicted molar refractivity (Wildman–Crippen MR) is 293 cm³/mol. The molecule has 0 aliphatic carbocycles. The first-order valence-corrected chi connectivity index (χ1v) is 24.0. The van der Waals surface area contributed by atoms with Gasteiger partial charge in [0.25, 0.3) is 0 Å². The highest BCUT2D eigenvalue weighted by Crippen LogP contribution is 2.24. The fraction of sp³-hybridized carbons (Fsp3) is 0.0938. The number of rotatable bonds is 20. The molecule has 0 N–H and O–H groups in total. The molecule has 8 nitrogen and oxygen atoms in total. The Hall–Kier alpha value is -9.14. The van der Waals surface area contributed by atoms with Crippen LogP contribution in [0.25, 0.3) is 0 Å². The van der Waals surface area contributed by atoms with Crippen LogP contribution in [0, 0.1) is 6.92 Å². The average molecular weight is 943 g/mol. The molecule has 0 atom stereocenters. The number of nitrogens with zero attached hydrogens (tertiary/aromatic N) is 4. The molecular weight excluding hydrogens is 889 g/mol. The molecule has 0 saturated carbocycles. The Morgan fingerprint density at radius 2 is 0.597 bits per heavy atom. The summed E-state index contributed by atoms with van der Waals surface area (Å²) in [5, 5.41) is 0. The van der Waals surface area contributed by atoms with Gasteiger partial charge < -0.3 is 18.9 Å². The van der Waals surface area contributed by atoms with Gasteiger partial charge in [0, 0.05) is 44.5 Å². The molecule has 0 aliphatic rings. The quantitative estimate of drug-likeness (QED) is 0.0712. The summed E-state index contributed by atoms with van der Waals surface area (Å²) in [5.41, 5.74) is 13.3. The van der Waals surface area contributed by atoms with Crippen LogP contribution in [0.3, 0.4) is 0 Å². The van der Waals surface area contributed by atoms with Gasteiger partial charge in [-0.3, -0.25) is 0 Å². The number of benzene rings is 9. The van der Waals surface area contributed by atoms with E-state index in [4.69, 9.17) is 38.9 Å². The van der Waals surface area contributed by atoms with Gasteiger partial charge >= 0.3 is 0 Å². The van der Waals surface area contributed by atoms with Crippen LogP contribution in [-0.2, 0) is 0 Å². The lowest BCUT2D eigenvalue weighted by Gasteiger charge is -2.12. The minimum Gasteiger partial charge on any atom is -0.494 e. The van der Waals surface area contributed by atoms with Crippen molar-refractivity contribution in [1.82, 2.24) is 0 Å². The summed E-state index contributed by atoms with van der Waals surface area (Å²) in [7, 11) is 0. The molecule has 0 aromatic heterocycles. The Kier molecular flexibility index (Phi) is 16.2. The molecular formula is C64H54N4O4. The zero-order chi connectivity index (χ0) is 49.2. The second kappa shape index (κ2) is 24.4. The Morgan fingerprint density at radius 1 is 0.306 bits per heavy atom. The van der Waals surface area contributed by atoms with Gasteiger partial charge in [0.1, 0.15) is 23.0 Å². The zero-order valence-corrected chi connectivity index (χ0v) is 40.3. The van der Waals surface area contributed by atoms with Crippen LogP contribution in [0.15, 0.2) is 263 Å². The van der Waals surface area contributed by atoms with E-state index in [-0.39, 0.29) is 20.2 Å². The molecule has 0 saturated heterocycles. The van der Waals surface area contributed by atoms with Crippen molar-refractivity contribution >= 4 is 28.5 Å². The van der Waals surface area contributed by atoms with E-state index < -0.39 is 0 Å².